The van der Waals surface area contributed by atoms with Gasteiger partial charge in [0.1, 0.15) is 6.54 Å². The summed E-state index contributed by atoms with van der Waals surface area (Å²) < 4.78 is 29.1. The quantitative estimate of drug-likeness (QED) is 0.586. The van der Waals surface area contributed by atoms with Crippen molar-refractivity contribution in [3.05, 3.63) is 30.3 Å². The SMILES string of the molecule is CCOC(=O)CN1C(=S)N(c2ccccc2)[C@H]2CS(=O)(=O)C[C@H]21. The zero-order valence-electron chi connectivity index (χ0n) is 12.7. The molecule has 2 saturated heterocycles. The van der Waals surface area contributed by atoms with Gasteiger partial charge in [0.05, 0.1) is 30.2 Å². The van der Waals surface area contributed by atoms with E-state index in [2.05, 4.69) is 0 Å². The topological polar surface area (TPSA) is 66.9 Å². The van der Waals surface area contributed by atoms with Crippen LogP contribution < -0.4 is 4.90 Å². The number of carbonyl (C=O) groups excluding carboxylic acids is 1. The van der Waals surface area contributed by atoms with Crippen molar-refractivity contribution in [2.45, 2.75) is 19.0 Å². The van der Waals surface area contributed by atoms with E-state index in [1.54, 1.807) is 11.8 Å². The summed E-state index contributed by atoms with van der Waals surface area (Å²) in [6.45, 7) is 2.00. The van der Waals surface area contributed by atoms with Crippen molar-refractivity contribution < 1.29 is 17.9 Å². The van der Waals surface area contributed by atoms with Crippen LogP contribution in [0, 0.1) is 0 Å². The Labute approximate surface area is 140 Å². The minimum atomic E-state index is -3.15. The molecule has 0 amide bonds. The van der Waals surface area contributed by atoms with Crippen LogP contribution in [0.5, 0.6) is 0 Å². The fraction of sp³-hybridized carbons (Fsp3) is 0.467. The first-order valence-electron chi connectivity index (χ1n) is 7.44. The Morgan fingerprint density at radius 3 is 2.57 bits per heavy atom. The number of para-hydroxylation sites is 1. The fourth-order valence-electron chi connectivity index (χ4n) is 3.20. The number of sulfone groups is 1. The average molecular weight is 354 g/mol. The second-order valence-corrected chi connectivity index (χ2v) is 8.15. The summed E-state index contributed by atoms with van der Waals surface area (Å²) in [7, 11) is -3.15. The maximum absolute atomic E-state index is 12.1. The van der Waals surface area contributed by atoms with E-state index in [-0.39, 0.29) is 36.7 Å². The fourth-order valence-corrected chi connectivity index (χ4v) is 5.59. The maximum Gasteiger partial charge on any atom is 0.325 e. The Kier molecular flexibility index (Phi) is 4.29. The Morgan fingerprint density at radius 1 is 1.26 bits per heavy atom. The molecule has 2 atom stereocenters. The normalized spacial score (nSPS) is 25.5. The maximum atomic E-state index is 12.1. The molecule has 0 bridgehead atoms. The van der Waals surface area contributed by atoms with Crippen LogP contribution in [-0.4, -0.2) is 61.1 Å². The molecule has 8 heteroatoms. The lowest BCUT2D eigenvalue weighted by Gasteiger charge is -2.25. The number of fused-ring (bicyclic) bond motifs is 1. The van der Waals surface area contributed by atoms with Crippen molar-refractivity contribution in [2.75, 3.05) is 29.6 Å². The Bertz CT molecular complexity index is 720. The molecule has 1 aromatic rings. The van der Waals surface area contributed by atoms with Crippen LogP contribution in [0.4, 0.5) is 5.69 Å². The lowest BCUT2D eigenvalue weighted by Crippen LogP contribution is -2.41. The van der Waals surface area contributed by atoms with Gasteiger partial charge in [0.2, 0.25) is 0 Å². The molecule has 0 aromatic heterocycles. The molecular formula is C15H18N2O4S2. The molecule has 1 aromatic carbocycles. The number of ether oxygens (including phenoxy) is 1. The van der Waals surface area contributed by atoms with Crippen molar-refractivity contribution in [1.29, 1.82) is 0 Å². The van der Waals surface area contributed by atoms with Crippen LogP contribution in [0.3, 0.4) is 0 Å². The minimum absolute atomic E-state index is 0.0144. The first-order valence-corrected chi connectivity index (χ1v) is 9.67. The molecule has 0 spiro atoms. The molecule has 0 N–H and O–H groups in total. The van der Waals surface area contributed by atoms with Crippen LogP contribution in [-0.2, 0) is 19.4 Å². The third-order valence-electron chi connectivity index (χ3n) is 4.12. The minimum Gasteiger partial charge on any atom is -0.465 e. The number of nitrogens with zero attached hydrogens (tertiary/aromatic N) is 2. The molecule has 6 nitrogen and oxygen atoms in total. The Balaban J connectivity index is 1.93. The van der Waals surface area contributed by atoms with Crippen molar-refractivity contribution in [3.8, 4) is 0 Å². The van der Waals surface area contributed by atoms with Crippen molar-refractivity contribution >= 4 is 38.8 Å². The van der Waals surface area contributed by atoms with Gasteiger partial charge in [-0.15, -0.1) is 0 Å². The van der Waals surface area contributed by atoms with E-state index in [9.17, 15) is 13.2 Å². The van der Waals surface area contributed by atoms with Crippen molar-refractivity contribution in [1.82, 2.24) is 4.90 Å². The van der Waals surface area contributed by atoms with Crippen LogP contribution in [0.1, 0.15) is 6.92 Å². The number of benzene rings is 1. The molecule has 23 heavy (non-hydrogen) atoms. The van der Waals surface area contributed by atoms with E-state index in [1.165, 1.54) is 0 Å². The molecule has 2 aliphatic heterocycles. The molecule has 124 valence electrons. The predicted molar refractivity (Wildman–Crippen MR) is 91.1 cm³/mol. The highest BCUT2D eigenvalue weighted by Gasteiger charge is 2.52. The summed E-state index contributed by atoms with van der Waals surface area (Å²) in [6.07, 6.45) is 0. The van der Waals surface area contributed by atoms with Gasteiger partial charge in [-0.2, -0.15) is 0 Å². The number of carbonyl (C=O) groups is 1. The second-order valence-electron chi connectivity index (χ2n) is 5.63. The number of anilines is 1. The lowest BCUT2D eigenvalue weighted by molar-refractivity contribution is -0.143. The lowest BCUT2D eigenvalue weighted by atomic mass is 10.1. The van der Waals surface area contributed by atoms with Gasteiger partial charge in [-0.3, -0.25) is 4.79 Å². The van der Waals surface area contributed by atoms with Crippen LogP contribution in [0.25, 0.3) is 0 Å². The van der Waals surface area contributed by atoms with Gasteiger partial charge in [0, 0.05) is 5.69 Å². The molecule has 2 heterocycles. The van der Waals surface area contributed by atoms with E-state index in [0.29, 0.717) is 5.11 Å². The standard InChI is InChI=1S/C15H18N2O4S2/c1-2-21-14(18)8-16-12-9-23(19,20)10-13(12)17(15(16)22)11-6-4-3-5-7-11/h3-7,12-13H,2,8-10H2,1H3/t12-,13+/m1/s1. The molecule has 2 aliphatic rings. The van der Waals surface area contributed by atoms with Gasteiger partial charge in [-0.25, -0.2) is 8.42 Å². The van der Waals surface area contributed by atoms with E-state index in [0.717, 1.165) is 5.69 Å². The zero-order chi connectivity index (χ0) is 16.6. The van der Waals surface area contributed by atoms with Crippen molar-refractivity contribution in [2.24, 2.45) is 0 Å². The highest BCUT2D eigenvalue weighted by Crippen LogP contribution is 2.34. The molecular weight excluding hydrogens is 336 g/mol. The van der Waals surface area contributed by atoms with Gasteiger partial charge in [-0.1, -0.05) is 18.2 Å². The summed E-state index contributed by atoms with van der Waals surface area (Å²) in [5, 5.41) is 0.481. The van der Waals surface area contributed by atoms with Gasteiger partial charge in [-0.05, 0) is 31.3 Å². The van der Waals surface area contributed by atoms with Gasteiger partial charge in [0.25, 0.3) is 0 Å². The average Bonchev–Trinajstić information content (AvgIpc) is 2.92. The van der Waals surface area contributed by atoms with Gasteiger partial charge >= 0.3 is 5.97 Å². The highest BCUT2D eigenvalue weighted by atomic mass is 32.2. The molecule has 3 rings (SSSR count). The van der Waals surface area contributed by atoms with Gasteiger partial charge in [0.15, 0.2) is 14.9 Å². The summed E-state index contributed by atoms with van der Waals surface area (Å²) >= 11 is 5.53. The highest BCUT2D eigenvalue weighted by molar-refractivity contribution is 7.91. The van der Waals surface area contributed by atoms with E-state index in [1.807, 2.05) is 35.2 Å². The van der Waals surface area contributed by atoms with Crippen LogP contribution in [0.2, 0.25) is 0 Å². The smallest absolute Gasteiger partial charge is 0.325 e. The second kappa shape index (κ2) is 6.09. The summed E-state index contributed by atoms with van der Waals surface area (Å²) in [5.74, 6) is -0.333. The number of rotatable bonds is 4. The van der Waals surface area contributed by atoms with Crippen LogP contribution >= 0.6 is 12.2 Å². The van der Waals surface area contributed by atoms with Crippen molar-refractivity contribution in [3.63, 3.8) is 0 Å². The van der Waals surface area contributed by atoms with E-state index in [4.69, 9.17) is 17.0 Å². The first-order chi connectivity index (χ1) is 10.9. The predicted octanol–water partition coefficient (Wildman–Crippen LogP) is 0.822. The number of hydrogen-bond donors (Lipinski definition) is 0. The Morgan fingerprint density at radius 2 is 1.91 bits per heavy atom. The molecule has 0 unspecified atom stereocenters. The number of thiocarbonyl (C=S) groups is 1. The zero-order valence-corrected chi connectivity index (χ0v) is 14.3. The third kappa shape index (κ3) is 3.05. The summed E-state index contributed by atoms with van der Waals surface area (Å²) in [4.78, 5) is 15.4. The van der Waals surface area contributed by atoms with Crippen LogP contribution in [0.15, 0.2) is 30.3 Å². The molecule has 0 saturated carbocycles. The number of esters is 1. The molecule has 0 aliphatic carbocycles. The monoisotopic (exact) mass is 354 g/mol. The molecule has 0 radical (unpaired) electrons. The molecule has 2 fully saturated rings. The largest absolute Gasteiger partial charge is 0.465 e. The Hall–Kier alpha value is -1.67. The first kappa shape index (κ1) is 16.2. The number of hydrogen-bond acceptors (Lipinski definition) is 5. The van der Waals surface area contributed by atoms with Gasteiger partial charge < -0.3 is 14.5 Å². The third-order valence-corrected chi connectivity index (χ3v) is 6.25. The summed E-state index contributed by atoms with van der Waals surface area (Å²) in [6, 6.07) is 8.86. The van der Waals surface area contributed by atoms with E-state index < -0.39 is 15.8 Å². The van der Waals surface area contributed by atoms with E-state index >= 15 is 0 Å². The summed E-state index contributed by atoms with van der Waals surface area (Å²) in [5.41, 5.74) is 0.843.